The predicted molar refractivity (Wildman–Crippen MR) is 104 cm³/mol. The molecule has 0 bridgehead atoms. The molecule has 2 N–H and O–H groups in total. The largest absolute Gasteiger partial charge is 0.758 e. The van der Waals surface area contributed by atoms with Gasteiger partial charge in [0.15, 0.2) is 0 Å². The second kappa shape index (κ2) is 11.2. The third-order valence-electron chi connectivity index (χ3n) is 5.34. The van der Waals surface area contributed by atoms with Gasteiger partial charge >= 0.3 is 5.97 Å². The number of aliphatic carboxylic acids is 1. The molecule has 0 saturated carbocycles. The van der Waals surface area contributed by atoms with E-state index in [1.807, 2.05) is 18.2 Å². The zero-order valence-electron chi connectivity index (χ0n) is 15.6. The highest BCUT2D eigenvalue weighted by Gasteiger charge is 2.28. The molecule has 2 unspecified atom stereocenters. The van der Waals surface area contributed by atoms with Gasteiger partial charge in [-0.25, -0.2) is 0 Å². The summed E-state index contributed by atoms with van der Waals surface area (Å²) >= 11 is 0. The molecule has 0 radical (unpaired) electrons. The number of rotatable bonds is 12. The minimum atomic E-state index is -0.698. The number of para-hydroxylation sites is 1. The Hall–Kier alpha value is -1.59. The van der Waals surface area contributed by atoms with E-state index in [0.29, 0.717) is 12.2 Å². The molecular formula is C21H32NO4-. The molecule has 0 amide bonds. The maximum atomic E-state index is 12.1. The van der Waals surface area contributed by atoms with Crippen molar-refractivity contribution in [2.24, 2.45) is 5.92 Å². The molecule has 1 aliphatic heterocycles. The van der Waals surface area contributed by atoms with E-state index in [-0.39, 0.29) is 12.3 Å². The van der Waals surface area contributed by atoms with Gasteiger partial charge in [0.05, 0.1) is 6.10 Å². The lowest BCUT2D eigenvalue weighted by Crippen LogP contribution is -2.34. The molecule has 26 heavy (non-hydrogen) atoms. The van der Waals surface area contributed by atoms with Crippen molar-refractivity contribution < 1.29 is 15.0 Å². The van der Waals surface area contributed by atoms with E-state index >= 15 is 0 Å². The van der Waals surface area contributed by atoms with E-state index in [2.05, 4.69) is 0 Å². The number of hydrogen-bond donors (Lipinski definition) is 2. The van der Waals surface area contributed by atoms with Crippen molar-refractivity contribution in [1.29, 1.82) is 0 Å². The fourth-order valence-corrected chi connectivity index (χ4v) is 3.80. The Morgan fingerprint density at radius 2 is 1.58 bits per heavy atom. The maximum Gasteiger partial charge on any atom is 0.303 e. The van der Waals surface area contributed by atoms with Crippen molar-refractivity contribution in [3.63, 3.8) is 0 Å². The normalized spacial score (nSPS) is 19.4. The van der Waals surface area contributed by atoms with Gasteiger partial charge in [0, 0.05) is 30.1 Å². The number of anilines is 1. The number of carboxylic acids is 1. The number of unbranched alkanes of at least 4 members (excludes halogenated alkanes) is 8. The van der Waals surface area contributed by atoms with Gasteiger partial charge in [-0.1, -0.05) is 69.6 Å². The zero-order chi connectivity index (χ0) is 18.8. The summed E-state index contributed by atoms with van der Waals surface area (Å²) in [5, 5.41) is 32.2. The first-order valence-corrected chi connectivity index (χ1v) is 10.0. The van der Waals surface area contributed by atoms with Crippen LogP contribution in [0.5, 0.6) is 0 Å². The number of benzene rings is 1. The van der Waals surface area contributed by atoms with E-state index in [0.717, 1.165) is 49.2 Å². The molecule has 1 aliphatic rings. The van der Waals surface area contributed by atoms with Crippen LogP contribution in [0, 0.1) is 11.1 Å². The van der Waals surface area contributed by atoms with Gasteiger partial charge in [0.1, 0.15) is 0 Å². The van der Waals surface area contributed by atoms with Crippen LogP contribution < -0.4 is 5.06 Å². The Balaban J connectivity index is 1.52. The minimum absolute atomic E-state index is 0.0247. The Morgan fingerprint density at radius 1 is 1.00 bits per heavy atom. The smallest absolute Gasteiger partial charge is 0.303 e. The summed E-state index contributed by atoms with van der Waals surface area (Å²) in [6.45, 7) is 0.383. The van der Waals surface area contributed by atoms with Crippen molar-refractivity contribution in [3.05, 3.63) is 35.0 Å². The molecule has 2 rings (SSSR count). The molecule has 1 aromatic carbocycles. The molecule has 0 spiro atoms. The van der Waals surface area contributed by atoms with Gasteiger partial charge in [-0.2, -0.15) is 0 Å². The molecule has 0 saturated heterocycles. The number of aliphatic hydroxyl groups excluding tert-OH is 1. The van der Waals surface area contributed by atoms with E-state index < -0.39 is 12.1 Å². The van der Waals surface area contributed by atoms with Gasteiger partial charge in [-0.15, -0.1) is 0 Å². The fraction of sp³-hybridized carbons (Fsp3) is 0.667. The number of carbonyl (C=O) groups is 1. The molecule has 0 aliphatic carbocycles. The summed E-state index contributed by atoms with van der Waals surface area (Å²) in [6, 6.07) is 7.35. The summed E-state index contributed by atoms with van der Waals surface area (Å²) in [7, 11) is 0. The number of nitrogens with zero attached hydrogens (tertiary/aromatic N) is 1. The lowest BCUT2D eigenvalue weighted by Gasteiger charge is -2.43. The second-order valence-electron chi connectivity index (χ2n) is 7.44. The highest BCUT2D eigenvalue weighted by Crippen LogP contribution is 2.38. The molecule has 0 fully saturated rings. The van der Waals surface area contributed by atoms with Crippen molar-refractivity contribution in [3.8, 4) is 0 Å². The van der Waals surface area contributed by atoms with Crippen LogP contribution in [0.3, 0.4) is 0 Å². The first kappa shape index (κ1) is 20.7. The Kier molecular flexibility index (Phi) is 8.92. The highest BCUT2D eigenvalue weighted by molar-refractivity contribution is 5.66. The van der Waals surface area contributed by atoms with Crippen LogP contribution in [0.25, 0.3) is 0 Å². The summed E-state index contributed by atoms with van der Waals surface area (Å²) in [4.78, 5) is 10.4. The SMILES string of the molecule is O=C(O)CCCCCCCCCCCC1CN([O-])c2ccccc2C1O. The third-order valence-corrected chi connectivity index (χ3v) is 5.34. The molecule has 0 aromatic heterocycles. The van der Waals surface area contributed by atoms with Crippen LogP contribution in [-0.4, -0.2) is 22.7 Å². The van der Waals surface area contributed by atoms with Gasteiger partial charge < -0.3 is 20.5 Å². The Bertz CT molecular complexity index is 549. The number of hydroxylamine groups is 1. The molecule has 1 heterocycles. The lowest BCUT2D eigenvalue weighted by atomic mass is 9.86. The van der Waals surface area contributed by atoms with Crippen molar-refractivity contribution in [2.75, 3.05) is 11.6 Å². The molecule has 1 aromatic rings. The standard InChI is InChI=1S/C21H32NO4/c23-20(24)15-9-7-5-3-1-2-4-6-8-12-17-16-22(26)19-14-11-10-13-18(19)21(17)25/h10-11,13-14,17,21,25H,1-9,12,15-16H2,(H,23,24)/q-1. The minimum Gasteiger partial charge on any atom is -0.758 e. The van der Waals surface area contributed by atoms with E-state index in [1.165, 1.54) is 25.7 Å². The van der Waals surface area contributed by atoms with Gasteiger partial charge in [0.2, 0.25) is 0 Å². The first-order valence-electron chi connectivity index (χ1n) is 10.0. The number of hydrogen-bond acceptors (Lipinski definition) is 4. The van der Waals surface area contributed by atoms with Crippen molar-refractivity contribution >= 4 is 11.7 Å². The molecule has 5 nitrogen and oxygen atoms in total. The second-order valence-corrected chi connectivity index (χ2v) is 7.44. The van der Waals surface area contributed by atoms with Crippen LogP contribution in [-0.2, 0) is 4.79 Å². The van der Waals surface area contributed by atoms with Gasteiger partial charge in [0.25, 0.3) is 0 Å². The quantitative estimate of drug-likeness (QED) is 0.510. The fourth-order valence-electron chi connectivity index (χ4n) is 3.80. The summed E-state index contributed by atoms with van der Waals surface area (Å²) in [6.07, 6.45) is 10.6. The number of aliphatic hydroxyl groups is 1. The molecular weight excluding hydrogens is 330 g/mol. The highest BCUT2D eigenvalue weighted by atomic mass is 16.5. The summed E-state index contributed by atoms with van der Waals surface area (Å²) in [5.74, 6) is -0.673. The predicted octanol–water partition coefficient (Wildman–Crippen LogP) is 5.03. The topological polar surface area (TPSA) is 83.8 Å². The average Bonchev–Trinajstić information content (AvgIpc) is 2.63. The average molecular weight is 362 g/mol. The third kappa shape index (κ3) is 6.61. The number of fused-ring (bicyclic) bond motifs is 1. The number of carboxylic acid groups (broad SMARTS) is 1. The van der Waals surface area contributed by atoms with Crippen LogP contribution >= 0.6 is 0 Å². The van der Waals surface area contributed by atoms with E-state index in [4.69, 9.17) is 5.11 Å². The van der Waals surface area contributed by atoms with Gasteiger partial charge in [-0.3, -0.25) is 4.79 Å². The van der Waals surface area contributed by atoms with Crippen LogP contribution in [0.1, 0.15) is 82.3 Å². The Labute approximate surface area is 156 Å². The Morgan fingerprint density at radius 3 is 2.23 bits per heavy atom. The zero-order valence-corrected chi connectivity index (χ0v) is 15.6. The van der Waals surface area contributed by atoms with Crippen LogP contribution in [0.15, 0.2) is 24.3 Å². The monoisotopic (exact) mass is 362 g/mol. The molecule has 146 valence electrons. The maximum absolute atomic E-state index is 12.1. The van der Waals surface area contributed by atoms with Gasteiger partial charge in [-0.05, 0) is 18.9 Å². The lowest BCUT2D eigenvalue weighted by molar-refractivity contribution is -0.137. The molecule has 5 heteroatoms. The first-order chi connectivity index (χ1) is 12.6. The molecule has 2 atom stereocenters. The summed E-state index contributed by atoms with van der Waals surface area (Å²) in [5.41, 5.74) is 1.38. The van der Waals surface area contributed by atoms with E-state index in [9.17, 15) is 15.1 Å². The van der Waals surface area contributed by atoms with Crippen molar-refractivity contribution in [2.45, 2.75) is 76.7 Å². The van der Waals surface area contributed by atoms with Crippen molar-refractivity contribution in [1.82, 2.24) is 0 Å². The summed E-state index contributed by atoms with van der Waals surface area (Å²) < 4.78 is 0. The van der Waals surface area contributed by atoms with Crippen LogP contribution in [0.2, 0.25) is 0 Å². The van der Waals surface area contributed by atoms with E-state index in [1.54, 1.807) is 6.07 Å². The van der Waals surface area contributed by atoms with Crippen LogP contribution in [0.4, 0.5) is 5.69 Å².